The van der Waals surface area contributed by atoms with Crippen molar-refractivity contribution in [3.63, 3.8) is 0 Å². The van der Waals surface area contributed by atoms with E-state index in [4.69, 9.17) is 5.73 Å². The Labute approximate surface area is 107 Å². The molecule has 1 aliphatic heterocycles. The Morgan fingerprint density at radius 2 is 1.94 bits per heavy atom. The Kier molecular flexibility index (Phi) is 5.42. The van der Waals surface area contributed by atoms with Gasteiger partial charge in [-0.2, -0.15) is 0 Å². The van der Waals surface area contributed by atoms with E-state index in [9.17, 15) is 0 Å². The van der Waals surface area contributed by atoms with Gasteiger partial charge in [0.25, 0.3) is 0 Å². The van der Waals surface area contributed by atoms with Gasteiger partial charge in [-0.05, 0) is 31.8 Å². The molecule has 17 heavy (non-hydrogen) atoms. The fourth-order valence-electron chi connectivity index (χ4n) is 2.50. The molecule has 102 valence electrons. The van der Waals surface area contributed by atoms with Crippen LogP contribution in [0, 0.1) is 5.41 Å². The Morgan fingerprint density at radius 3 is 2.41 bits per heavy atom. The lowest BCUT2D eigenvalue weighted by Crippen LogP contribution is -2.52. The monoisotopic (exact) mass is 241 g/mol. The lowest BCUT2D eigenvalue weighted by atomic mass is 9.85. The molecule has 1 rings (SSSR count). The van der Waals surface area contributed by atoms with Crippen LogP contribution >= 0.6 is 0 Å². The van der Waals surface area contributed by atoms with Crippen molar-refractivity contribution in [2.45, 2.75) is 53.1 Å². The molecule has 0 spiro atoms. The highest BCUT2D eigenvalue weighted by atomic mass is 15.3. The van der Waals surface area contributed by atoms with Crippen LogP contribution < -0.4 is 5.73 Å². The highest BCUT2D eigenvalue weighted by Crippen LogP contribution is 2.20. The second-order valence-corrected chi connectivity index (χ2v) is 6.54. The van der Waals surface area contributed by atoms with Gasteiger partial charge in [0.15, 0.2) is 0 Å². The zero-order valence-electron chi connectivity index (χ0n) is 12.4. The van der Waals surface area contributed by atoms with Crippen molar-refractivity contribution in [1.82, 2.24) is 9.80 Å². The molecule has 0 radical (unpaired) electrons. The number of nitrogens with two attached hydrogens (primary N) is 1. The Bertz CT molecular complexity index is 222. The fourth-order valence-corrected chi connectivity index (χ4v) is 2.50. The Morgan fingerprint density at radius 1 is 1.29 bits per heavy atom. The minimum Gasteiger partial charge on any atom is -0.327 e. The largest absolute Gasteiger partial charge is 0.327 e. The predicted octanol–water partition coefficient (Wildman–Crippen LogP) is 1.78. The summed E-state index contributed by atoms with van der Waals surface area (Å²) in [6.45, 7) is 17.2. The summed E-state index contributed by atoms with van der Waals surface area (Å²) < 4.78 is 0. The molecule has 0 bridgehead atoms. The first-order valence-corrected chi connectivity index (χ1v) is 7.06. The van der Waals surface area contributed by atoms with Crippen molar-refractivity contribution >= 4 is 0 Å². The lowest BCUT2D eigenvalue weighted by molar-refractivity contribution is 0.0831. The molecule has 2 N–H and O–H groups in total. The van der Waals surface area contributed by atoms with Crippen LogP contribution in [0.5, 0.6) is 0 Å². The fraction of sp³-hybridized carbons (Fsp3) is 1.00. The number of likely N-dealkylation sites (N-methyl/N-ethyl adjacent to an activating group) is 1. The minimum absolute atomic E-state index is 0.233. The summed E-state index contributed by atoms with van der Waals surface area (Å²) in [6.07, 6.45) is 1.11. The second kappa shape index (κ2) is 6.17. The molecule has 1 heterocycles. The van der Waals surface area contributed by atoms with Crippen LogP contribution in [0.2, 0.25) is 0 Å². The van der Waals surface area contributed by atoms with E-state index in [1.54, 1.807) is 0 Å². The lowest BCUT2D eigenvalue weighted by Gasteiger charge is -2.40. The number of piperazine rings is 1. The molecule has 2 atom stereocenters. The average molecular weight is 241 g/mol. The molecule has 2 unspecified atom stereocenters. The minimum atomic E-state index is 0.233. The first-order valence-electron chi connectivity index (χ1n) is 7.06. The standard InChI is InChI=1S/C14H31N3/c1-6-17-10-9-16(11-12(17)2)8-7-13(15)14(3,4)5/h12-13H,6-11,15H2,1-5H3. The third-order valence-corrected chi connectivity index (χ3v) is 4.12. The molecule has 1 saturated heterocycles. The molecule has 3 nitrogen and oxygen atoms in total. The zero-order chi connectivity index (χ0) is 13.1. The Hall–Kier alpha value is -0.120. The van der Waals surface area contributed by atoms with Crippen LogP contribution in [0.15, 0.2) is 0 Å². The van der Waals surface area contributed by atoms with E-state index >= 15 is 0 Å². The second-order valence-electron chi connectivity index (χ2n) is 6.54. The van der Waals surface area contributed by atoms with E-state index < -0.39 is 0 Å². The maximum atomic E-state index is 6.22. The molecule has 3 heteroatoms. The predicted molar refractivity (Wildman–Crippen MR) is 75.2 cm³/mol. The summed E-state index contributed by atoms with van der Waals surface area (Å²) in [7, 11) is 0. The van der Waals surface area contributed by atoms with Gasteiger partial charge in [0.05, 0.1) is 0 Å². The highest BCUT2D eigenvalue weighted by Gasteiger charge is 2.25. The van der Waals surface area contributed by atoms with E-state index in [-0.39, 0.29) is 5.41 Å². The smallest absolute Gasteiger partial charge is 0.0195 e. The maximum Gasteiger partial charge on any atom is 0.0195 e. The van der Waals surface area contributed by atoms with Gasteiger partial charge in [0.2, 0.25) is 0 Å². The van der Waals surface area contributed by atoms with Gasteiger partial charge in [-0.25, -0.2) is 0 Å². The summed E-state index contributed by atoms with van der Waals surface area (Å²) in [6, 6.07) is 1.00. The van der Waals surface area contributed by atoms with Crippen molar-refractivity contribution in [2.24, 2.45) is 11.1 Å². The van der Waals surface area contributed by atoms with Gasteiger partial charge in [-0.15, -0.1) is 0 Å². The third kappa shape index (κ3) is 4.57. The normalized spacial score (nSPS) is 26.1. The molecule has 0 aromatic carbocycles. The van der Waals surface area contributed by atoms with Crippen LogP contribution in [0.4, 0.5) is 0 Å². The topological polar surface area (TPSA) is 32.5 Å². The van der Waals surface area contributed by atoms with Gasteiger partial charge in [0, 0.05) is 31.7 Å². The first kappa shape index (κ1) is 14.9. The highest BCUT2D eigenvalue weighted by molar-refractivity contribution is 4.82. The van der Waals surface area contributed by atoms with Gasteiger partial charge in [-0.1, -0.05) is 27.7 Å². The van der Waals surface area contributed by atoms with Crippen molar-refractivity contribution in [2.75, 3.05) is 32.7 Å². The summed E-state index contributed by atoms with van der Waals surface area (Å²) in [5.74, 6) is 0. The summed E-state index contributed by atoms with van der Waals surface area (Å²) in [4.78, 5) is 5.13. The van der Waals surface area contributed by atoms with E-state index in [0.717, 1.165) is 13.0 Å². The summed E-state index contributed by atoms with van der Waals surface area (Å²) in [5, 5.41) is 0. The number of rotatable bonds is 4. The molecule has 1 fully saturated rings. The van der Waals surface area contributed by atoms with Crippen molar-refractivity contribution in [3.8, 4) is 0 Å². The average Bonchev–Trinajstić information content (AvgIpc) is 2.24. The summed E-state index contributed by atoms with van der Waals surface area (Å²) >= 11 is 0. The van der Waals surface area contributed by atoms with E-state index in [2.05, 4.69) is 44.4 Å². The zero-order valence-corrected chi connectivity index (χ0v) is 12.4. The van der Waals surface area contributed by atoms with Gasteiger partial charge in [0.1, 0.15) is 0 Å². The quantitative estimate of drug-likeness (QED) is 0.814. The molecule has 0 saturated carbocycles. The molecule has 0 aromatic rings. The van der Waals surface area contributed by atoms with E-state index in [0.29, 0.717) is 12.1 Å². The molecular formula is C14H31N3. The molecule has 0 aliphatic carbocycles. The molecular weight excluding hydrogens is 210 g/mol. The molecule has 1 aliphatic rings. The van der Waals surface area contributed by atoms with Crippen LogP contribution in [-0.2, 0) is 0 Å². The van der Waals surface area contributed by atoms with Gasteiger partial charge < -0.3 is 10.6 Å². The number of nitrogens with zero attached hydrogens (tertiary/aromatic N) is 2. The SMILES string of the molecule is CCN1CCN(CCC(N)C(C)(C)C)CC1C. The van der Waals surface area contributed by atoms with Crippen LogP contribution in [-0.4, -0.2) is 54.6 Å². The van der Waals surface area contributed by atoms with Gasteiger partial charge >= 0.3 is 0 Å². The van der Waals surface area contributed by atoms with Crippen molar-refractivity contribution in [3.05, 3.63) is 0 Å². The number of hydrogen-bond acceptors (Lipinski definition) is 3. The number of hydrogen-bond donors (Lipinski definition) is 1. The Balaban J connectivity index is 2.30. The summed E-state index contributed by atoms with van der Waals surface area (Å²) in [5.41, 5.74) is 6.45. The van der Waals surface area contributed by atoms with E-state index in [1.807, 2.05) is 0 Å². The molecule has 0 aromatic heterocycles. The van der Waals surface area contributed by atoms with Crippen molar-refractivity contribution in [1.29, 1.82) is 0 Å². The maximum absolute atomic E-state index is 6.22. The van der Waals surface area contributed by atoms with Crippen LogP contribution in [0.3, 0.4) is 0 Å². The molecule has 0 amide bonds. The van der Waals surface area contributed by atoms with Crippen LogP contribution in [0.1, 0.15) is 41.0 Å². The van der Waals surface area contributed by atoms with Crippen molar-refractivity contribution < 1.29 is 0 Å². The first-order chi connectivity index (χ1) is 7.84. The van der Waals surface area contributed by atoms with E-state index in [1.165, 1.54) is 26.2 Å². The van der Waals surface area contributed by atoms with Gasteiger partial charge in [-0.3, -0.25) is 4.90 Å². The van der Waals surface area contributed by atoms with Crippen LogP contribution in [0.25, 0.3) is 0 Å². The third-order valence-electron chi connectivity index (χ3n) is 4.12.